The molecule has 0 aliphatic carbocycles. The zero-order valence-electron chi connectivity index (χ0n) is 16.6. The van der Waals surface area contributed by atoms with Crippen LogP contribution in [0.4, 0.5) is 0 Å². The highest BCUT2D eigenvalue weighted by molar-refractivity contribution is 6.06. The third kappa shape index (κ3) is 5.31. The van der Waals surface area contributed by atoms with Crippen LogP contribution in [0.5, 0.6) is 0 Å². The third-order valence-electron chi connectivity index (χ3n) is 4.56. The number of carbonyl (C=O) groups excluding carboxylic acids is 2. The number of fused-ring (bicyclic) bond motifs is 1. The highest BCUT2D eigenvalue weighted by Crippen LogP contribution is 2.22. The van der Waals surface area contributed by atoms with Gasteiger partial charge in [-0.05, 0) is 24.3 Å². The first kappa shape index (κ1) is 21.4. The Hall–Kier alpha value is -2.90. The van der Waals surface area contributed by atoms with Gasteiger partial charge in [0.15, 0.2) is 5.69 Å². The summed E-state index contributed by atoms with van der Waals surface area (Å²) in [6.45, 7) is 6.07. The first-order valence-electron chi connectivity index (χ1n) is 9.39. The van der Waals surface area contributed by atoms with E-state index in [1.54, 1.807) is 4.68 Å². The summed E-state index contributed by atoms with van der Waals surface area (Å²) in [5.74, 6) is -1.84. The van der Waals surface area contributed by atoms with Gasteiger partial charge in [-0.25, -0.2) is 0 Å². The number of nitrogens with zero attached hydrogens (tertiary/aromatic N) is 2. The van der Waals surface area contributed by atoms with Crippen LogP contribution in [0.3, 0.4) is 0 Å². The number of para-hydroxylation sites is 1. The van der Waals surface area contributed by atoms with Crippen molar-refractivity contribution in [2.45, 2.75) is 59.0 Å². The number of aliphatic carboxylic acids is 1. The molecule has 1 aromatic carbocycles. The maximum atomic E-state index is 12.8. The minimum absolute atomic E-state index is 0.148. The second kappa shape index (κ2) is 8.86. The monoisotopic (exact) mass is 388 g/mol. The van der Waals surface area contributed by atoms with Crippen LogP contribution in [-0.2, 0) is 16.1 Å². The van der Waals surface area contributed by atoms with Gasteiger partial charge in [0, 0.05) is 18.4 Å². The number of aryl methyl sites for hydroxylation is 1. The summed E-state index contributed by atoms with van der Waals surface area (Å²) >= 11 is 0. The highest BCUT2D eigenvalue weighted by atomic mass is 16.4. The molecule has 0 saturated carbocycles. The van der Waals surface area contributed by atoms with Crippen LogP contribution < -0.4 is 11.1 Å². The Morgan fingerprint density at radius 2 is 1.86 bits per heavy atom. The maximum Gasteiger partial charge on any atom is 0.303 e. The normalized spacial score (nSPS) is 12.7. The molecule has 152 valence electrons. The number of primary amides is 1. The van der Waals surface area contributed by atoms with Crippen molar-refractivity contribution >= 4 is 28.7 Å². The Morgan fingerprint density at radius 1 is 1.18 bits per heavy atom. The van der Waals surface area contributed by atoms with E-state index in [1.165, 1.54) is 0 Å². The molecule has 1 aromatic heterocycles. The minimum atomic E-state index is -0.820. The molecule has 2 amide bonds. The lowest BCUT2D eigenvalue weighted by molar-refractivity contribution is -0.137. The molecular formula is C20H28N4O4. The van der Waals surface area contributed by atoms with Crippen molar-refractivity contribution in [2.75, 3.05) is 0 Å². The zero-order valence-corrected chi connectivity index (χ0v) is 16.6. The molecule has 28 heavy (non-hydrogen) atoms. The van der Waals surface area contributed by atoms with Crippen LogP contribution in [0.1, 0.15) is 56.9 Å². The van der Waals surface area contributed by atoms with Crippen LogP contribution in [-0.4, -0.2) is 38.7 Å². The molecule has 0 aliphatic heterocycles. The third-order valence-corrected chi connectivity index (χ3v) is 4.56. The smallest absolute Gasteiger partial charge is 0.303 e. The van der Waals surface area contributed by atoms with E-state index in [2.05, 4.69) is 10.4 Å². The number of benzene rings is 1. The van der Waals surface area contributed by atoms with Crippen molar-refractivity contribution in [3.63, 3.8) is 0 Å². The Balaban J connectivity index is 2.19. The Bertz CT molecular complexity index is 867. The van der Waals surface area contributed by atoms with Crippen LogP contribution in [0.2, 0.25) is 0 Å². The number of rotatable bonds is 9. The molecule has 0 aliphatic rings. The van der Waals surface area contributed by atoms with Gasteiger partial charge in [-0.2, -0.15) is 5.10 Å². The van der Waals surface area contributed by atoms with Gasteiger partial charge < -0.3 is 16.2 Å². The lowest BCUT2D eigenvalue weighted by Gasteiger charge is -2.28. The second-order valence-corrected chi connectivity index (χ2v) is 7.97. The number of unbranched alkanes of at least 4 members (excludes halogenated alkanes) is 2. The fourth-order valence-electron chi connectivity index (χ4n) is 3.09. The van der Waals surface area contributed by atoms with E-state index >= 15 is 0 Å². The molecule has 0 bridgehead atoms. The van der Waals surface area contributed by atoms with E-state index in [1.807, 2.05) is 45.0 Å². The quantitative estimate of drug-likeness (QED) is 0.568. The molecule has 0 saturated heterocycles. The van der Waals surface area contributed by atoms with Crippen molar-refractivity contribution in [2.24, 2.45) is 11.1 Å². The second-order valence-electron chi connectivity index (χ2n) is 7.97. The van der Waals surface area contributed by atoms with Crippen molar-refractivity contribution in [3.05, 3.63) is 30.0 Å². The average molecular weight is 388 g/mol. The first-order valence-corrected chi connectivity index (χ1v) is 9.39. The van der Waals surface area contributed by atoms with Crippen LogP contribution in [0.25, 0.3) is 10.9 Å². The van der Waals surface area contributed by atoms with Crippen molar-refractivity contribution in [1.29, 1.82) is 0 Å². The summed E-state index contributed by atoms with van der Waals surface area (Å²) in [4.78, 5) is 35.2. The van der Waals surface area contributed by atoms with E-state index in [9.17, 15) is 14.4 Å². The SMILES string of the molecule is CC(C)(C)[C@H](NC(=O)c1nn(CCCCCC(=O)O)c2ccccc12)C(N)=O. The van der Waals surface area contributed by atoms with Gasteiger partial charge in [-0.3, -0.25) is 19.1 Å². The highest BCUT2D eigenvalue weighted by Gasteiger charge is 2.32. The van der Waals surface area contributed by atoms with Gasteiger partial charge in [-0.1, -0.05) is 45.4 Å². The molecule has 0 radical (unpaired) electrons. The summed E-state index contributed by atoms with van der Waals surface area (Å²) in [6, 6.07) is 6.57. The zero-order chi connectivity index (χ0) is 20.9. The predicted octanol–water partition coefficient (Wildman–Crippen LogP) is 2.31. The lowest BCUT2D eigenvalue weighted by Crippen LogP contribution is -2.52. The topological polar surface area (TPSA) is 127 Å². The Kier molecular flexibility index (Phi) is 6.77. The summed E-state index contributed by atoms with van der Waals surface area (Å²) in [5, 5.41) is 16.6. The molecule has 2 aromatic rings. The molecular weight excluding hydrogens is 360 g/mol. The van der Waals surface area contributed by atoms with Gasteiger partial charge in [0.2, 0.25) is 5.91 Å². The molecule has 8 nitrogen and oxygen atoms in total. The number of hydrogen-bond acceptors (Lipinski definition) is 4. The van der Waals surface area contributed by atoms with Crippen molar-refractivity contribution in [1.82, 2.24) is 15.1 Å². The predicted molar refractivity (Wildman–Crippen MR) is 106 cm³/mol. The lowest BCUT2D eigenvalue weighted by atomic mass is 9.86. The van der Waals surface area contributed by atoms with Crippen LogP contribution >= 0.6 is 0 Å². The minimum Gasteiger partial charge on any atom is -0.481 e. The number of aromatic nitrogens is 2. The van der Waals surface area contributed by atoms with Crippen LogP contribution in [0, 0.1) is 5.41 Å². The molecule has 1 heterocycles. The average Bonchev–Trinajstić information content (AvgIpc) is 2.96. The molecule has 0 spiro atoms. The van der Waals surface area contributed by atoms with E-state index < -0.39 is 29.2 Å². The van der Waals surface area contributed by atoms with Crippen molar-refractivity contribution in [3.8, 4) is 0 Å². The Labute approximate surface area is 164 Å². The van der Waals surface area contributed by atoms with Gasteiger partial charge in [-0.15, -0.1) is 0 Å². The summed E-state index contributed by atoms with van der Waals surface area (Å²) in [5.41, 5.74) is 6.00. The van der Waals surface area contributed by atoms with Gasteiger partial charge in [0.1, 0.15) is 6.04 Å². The fourth-order valence-corrected chi connectivity index (χ4v) is 3.09. The van der Waals surface area contributed by atoms with E-state index in [-0.39, 0.29) is 12.1 Å². The molecule has 8 heteroatoms. The fraction of sp³-hybridized carbons (Fsp3) is 0.500. The number of carbonyl (C=O) groups is 3. The number of carboxylic acids is 1. The van der Waals surface area contributed by atoms with Crippen LogP contribution in [0.15, 0.2) is 24.3 Å². The number of amides is 2. The molecule has 2 rings (SSSR count). The maximum absolute atomic E-state index is 12.8. The van der Waals surface area contributed by atoms with Gasteiger partial charge in [0.05, 0.1) is 5.52 Å². The number of nitrogens with two attached hydrogens (primary N) is 1. The largest absolute Gasteiger partial charge is 0.481 e. The van der Waals surface area contributed by atoms with Gasteiger partial charge >= 0.3 is 5.97 Å². The van der Waals surface area contributed by atoms with E-state index in [0.29, 0.717) is 18.4 Å². The van der Waals surface area contributed by atoms with Crippen molar-refractivity contribution < 1.29 is 19.5 Å². The number of hydrogen-bond donors (Lipinski definition) is 3. The summed E-state index contributed by atoms with van der Waals surface area (Å²) in [6.07, 6.45) is 2.27. The first-order chi connectivity index (χ1) is 13.1. The molecule has 4 N–H and O–H groups in total. The van der Waals surface area contributed by atoms with E-state index in [4.69, 9.17) is 10.8 Å². The van der Waals surface area contributed by atoms with Gasteiger partial charge in [0.25, 0.3) is 5.91 Å². The standard InChI is InChI=1S/C20H28N4O4/c1-20(2,3)17(18(21)27)22-19(28)16-13-9-6-7-10-14(13)24(23-16)12-8-4-5-11-15(25)26/h6-7,9-10,17H,4-5,8,11-12H2,1-3H3,(H2,21,27)(H,22,28)(H,25,26)/t17-/m1/s1. The van der Waals surface area contributed by atoms with E-state index in [0.717, 1.165) is 18.4 Å². The summed E-state index contributed by atoms with van der Waals surface area (Å²) in [7, 11) is 0. The summed E-state index contributed by atoms with van der Waals surface area (Å²) < 4.78 is 1.75. The molecule has 0 unspecified atom stereocenters. The molecule has 0 fully saturated rings. The number of carboxylic acid groups (broad SMARTS) is 1. The Morgan fingerprint density at radius 3 is 2.46 bits per heavy atom. The number of nitrogens with one attached hydrogen (secondary N) is 1. The molecule has 1 atom stereocenters.